The second-order valence-corrected chi connectivity index (χ2v) is 5.22. The van der Waals surface area contributed by atoms with Crippen LogP contribution in [0, 0.1) is 0 Å². The predicted octanol–water partition coefficient (Wildman–Crippen LogP) is 2.44. The van der Waals surface area contributed by atoms with Crippen molar-refractivity contribution in [3.05, 3.63) is 29.0 Å². The summed E-state index contributed by atoms with van der Waals surface area (Å²) in [7, 11) is 0. The van der Waals surface area contributed by atoms with Crippen molar-refractivity contribution < 1.29 is 0 Å². The summed E-state index contributed by atoms with van der Waals surface area (Å²) >= 11 is 6.16. The Kier molecular flexibility index (Phi) is 4.37. The molecule has 2 unspecified atom stereocenters. The summed E-state index contributed by atoms with van der Waals surface area (Å²) < 4.78 is 0. The lowest BCUT2D eigenvalue weighted by atomic mass is 9.96. The summed E-state index contributed by atoms with van der Waals surface area (Å²) in [4.78, 5) is 6.50. The maximum atomic E-state index is 6.16. The van der Waals surface area contributed by atoms with E-state index in [0.717, 1.165) is 23.7 Å². The van der Waals surface area contributed by atoms with Gasteiger partial charge in [-0.3, -0.25) is 9.88 Å². The Balaban J connectivity index is 2.12. The third-order valence-corrected chi connectivity index (χ3v) is 4.02. The molecule has 1 fully saturated rings. The summed E-state index contributed by atoms with van der Waals surface area (Å²) in [5.74, 6) is 0. The van der Waals surface area contributed by atoms with Crippen molar-refractivity contribution in [2.24, 2.45) is 5.73 Å². The van der Waals surface area contributed by atoms with E-state index in [1.165, 1.54) is 19.3 Å². The fourth-order valence-electron chi connectivity index (χ4n) is 2.61. The monoisotopic (exact) mass is 253 g/mol. The molecule has 2 atom stereocenters. The lowest BCUT2D eigenvalue weighted by molar-refractivity contribution is 0.0892. The van der Waals surface area contributed by atoms with Gasteiger partial charge in [-0.1, -0.05) is 18.0 Å². The zero-order valence-corrected chi connectivity index (χ0v) is 11.0. The second kappa shape index (κ2) is 5.80. The number of hydrogen-bond donors (Lipinski definition) is 1. The minimum Gasteiger partial charge on any atom is -0.329 e. The van der Waals surface area contributed by atoms with Crippen molar-refractivity contribution >= 4 is 11.6 Å². The van der Waals surface area contributed by atoms with Gasteiger partial charge >= 0.3 is 0 Å². The summed E-state index contributed by atoms with van der Waals surface area (Å²) in [6.45, 7) is 3.88. The number of nitrogens with zero attached hydrogens (tertiary/aromatic N) is 2. The number of hydrogen-bond acceptors (Lipinski definition) is 3. The van der Waals surface area contributed by atoms with Crippen LogP contribution in [0.15, 0.2) is 18.5 Å². The standard InChI is InChI=1S/C13H20ClN3/c1-10-3-2-4-12(7-15)17(10)9-11-5-6-16-8-13(11)14/h5-6,8,10,12H,2-4,7,9,15H2,1H3. The molecular weight excluding hydrogens is 234 g/mol. The van der Waals surface area contributed by atoms with Gasteiger partial charge in [-0.05, 0) is 31.4 Å². The maximum absolute atomic E-state index is 6.16. The molecule has 94 valence electrons. The molecule has 1 saturated heterocycles. The van der Waals surface area contributed by atoms with Crippen LogP contribution in [0.3, 0.4) is 0 Å². The van der Waals surface area contributed by atoms with Gasteiger partial charge in [-0.25, -0.2) is 0 Å². The van der Waals surface area contributed by atoms with E-state index in [-0.39, 0.29) is 0 Å². The fourth-order valence-corrected chi connectivity index (χ4v) is 2.79. The number of aromatic nitrogens is 1. The first kappa shape index (κ1) is 12.8. The maximum Gasteiger partial charge on any atom is 0.0634 e. The zero-order valence-electron chi connectivity index (χ0n) is 10.3. The van der Waals surface area contributed by atoms with E-state index in [2.05, 4.69) is 16.8 Å². The van der Waals surface area contributed by atoms with Gasteiger partial charge in [0.1, 0.15) is 0 Å². The minimum absolute atomic E-state index is 0.489. The van der Waals surface area contributed by atoms with Crippen LogP contribution in [0.2, 0.25) is 5.02 Å². The normalized spacial score (nSPS) is 26.1. The first-order valence-electron chi connectivity index (χ1n) is 6.26. The van der Waals surface area contributed by atoms with E-state index in [1.54, 1.807) is 12.4 Å². The molecule has 1 aliphatic rings. The van der Waals surface area contributed by atoms with Gasteiger partial charge in [-0.2, -0.15) is 0 Å². The average molecular weight is 254 g/mol. The van der Waals surface area contributed by atoms with Gasteiger partial charge in [0.15, 0.2) is 0 Å². The van der Waals surface area contributed by atoms with Crippen LogP contribution < -0.4 is 5.73 Å². The smallest absolute Gasteiger partial charge is 0.0634 e. The molecule has 0 amide bonds. The lowest BCUT2D eigenvalue weighted by Crippen LogP contribution is -2.48. The molecule has 0 radical (unpaired) electrons. The highest BCUT2D eigenvalue weighted by Gasteiger charge is 2.27. The topological polar surface area (TPSA) is 42.1 Å². The highest BCUT2D eigenvalue weighted by Crippen LogP contribution is 2.26. The van der Waals surface area contributed by atoms with Gasteiger partial charge in [0.05, 0.1) is 5.02 Å². The minimum atomic E-state index is 0.489. The lowest BCUT2D eigenvalue weighted by Gasteiger charge is -2.40. The third kappa shape index (κ3) is 2.97. The van der Waals surface area contributed by atoms with Crippen LogP contribution >= 0.6 is 11.6 Å². The fraction of sp³-hybridized carbons (Fsp3) is 0.615. The van der Waals surface area contributed by atoms with Gasteiger partial charge in [0.25, 0.3) is 0 Å². The van der Waals surface area contributed by atoms with Gasteiger partial charge in [0, 0.05) is 37.6 Å². The van der Waals surface area contributed by atoms with Crippen molar-refractivity contribution in [3.8, 4) is 0 Å². The van der Waals surface area contributed by atoms with E-state index in [9.17, 15) is 0 Å². The quantitative estimate of drug-likeness (QED) is 0.900. The van der Waals surface area contributed by atoms with Crippen molar-refractivity contribution in [1.82, 2.24) is 9.88 Å². The van der Waals surface area contributed by atoms with Gasteiger partial charge in [0.2, 0.25) is 0 Å². The molecule has 0 bridgehead atoms. The van der Waals surface area contributed by atoms with Crippen LogP contribution in [0.5, 0.6) is 0 Å². The number of pyridine rings is 1. The molecule has 3 nitrogen and oxygen atoms in total. The average Bonchev–Trinajstić information content (AvgIpc) is 2.34. The van der Waals surface area contributed by atoms with E-state index in [4.69, 9.17) is 17.3 Å². The second-order valence-electron chi connectivity index (χ2n) is 4.81. The molecule has 0 aromatic carbocycles. The molecule has 2 N–H and O–H groups in total. The van der Waals surface area contributed by atoms with E-state index in [0.29, 0.717) is 12.1 Å². The summed E-state index contributed by atoms with van der Waals surface area (Å²) in [5.41, 5.74) is 7.01. The molecular formula is C13H20ClN3. The molecule has 2 heterocycles. The largest absolute Gasteiger partial charge is 0.329 e. The molecule has 0 aliphatic carbocycles. The Morgan fingerprint density at radius 3 is 3.06 bits per heavy atom. The van der Waals surface area contributed by atoms with Crippen molar-refractivity contribution in [2.75, 3.05) is 6.54 Å². The van der Waals surface area contributed by atoms with E-state index < -0.39 is 0 Å². The molecule has 0 saturated carbocycles. The first-order valence-corrected chi connectivity index (χ1v) is 6.64. The number of nitrogens with two attached hydrogens (primary N) is 1. The number of rotatable bonds is 3. The number of piperidine rings is 1. The molecule has 4 heteroatoms. The SMILES string of the molecule is CC1CCCC(CN)N1Cc1ccncc1Cl. The van der Waals surface area contributed by atoms with Crippen LogP contribution in [-0.4, -0.2) is 28.5 Å². The number of likely N-dealkylation sites (tertiary alicyclic amines) is 1. The molecule has 1 aromatic heterocycles. The van der Waals surface area contributed by atoms with Crippen molar-refractivity contribution in [1.29, 1.82) is 0 Å². The van der Waals surface area contributed by atoms with E-state index >= 15 is 0 Å². The van der Waals surface area contributed by atoms with Crippen LogP contribution in [0.25, 0.3) is 0 Å². The molecule has 2 rings (SSSR count). The molecule has 0 spiro atoms. The Morgan fingerprint density at radius 1 is 1.53 bits per heavy atom. The molecule has 17 heavy (non-hydrogen) atoms. The van der Waals surface area contributed by atoms with Crippen LogP contribution in [-0.2, 0) is 6.54 Å². The Morgan fingerprint density at radius 2 is 2.35 bits per heavy atom. The third-order valence-electron chi connectivity index (χ3n) is 3.68. The molecule has 1 aromatic rings. The molecule has 1 aliphatic heterocycles. The van der Waals surface area contributed by atoms with Crippen molar-refractivity contribution in [3.63, 3.8) is 0 Å². The first-order chi connectivity index (χ1) is 8.22. The summed E-state index contributed by atoms with van der Waals surface area (Å²) in [6.07, 6.45) is 7.24. The van der Waals surface area contributed by atoms with Crippen molar-refractivity contribution in [2.45, 2.75) is 44.8 Å². The van der Waals surface area contributed by atoms with E-state index in [1.807, 2.05) is 6.07 Å². The Bertz CT molecular complexity index is 369. The van der Waals surface area contributed by atoms with Crippen LogP contribution in [0.1, 0.15) is 31.7 Å². The summed E-state index contributed by atoms with van der Waals surface area (Å²) in [5, 5.41) is 0.751. The Hall–Kier alpha value is -0.640. The van der Waals surface area contributed by atoms with Crippen LogP contribution in [0.4, 0.5) is 0 Å². The highest BCUT2D eigenvalue weighted by atomic mass is 35.5. The summed E-state index contributed by atoms with van der Waals surface area (Å²) in [6, 6.07) is 3.07. The predicted molar refractivity (Wildman–Crippen MR) is 70.9 cm³/mol. The van der Waals surface area contributed by atoms with Gasteiger partial charge < -0.3 is 5.73 Å². The number of halogens is 1. The highest BCUT2D eigenvalue weighted by molar-refractivity contribution is 6.31. The zero-order chi connectivity index (χ0) is 12.3. The Labute approximate surface area is 108 Å². The van der Waals surface area contributed by atoms with Gasteiger partial charge in [-0.15, -0.1) is 0 Å².